The van der Waals surface area contributed by atoms with Gasteiger partial charge in [-0.25, -0.2) is 4.79 Å². The van der Waals surface area contributed by atoms with E-state index in [2.05, 4.69) is 74.5 Å². The highest BCUT2D eigenvalue weighted by Gasteiger charge is 2.21. The van der Waals surface area contributed by atoms with Crippen molar-refractivity contribution >= 4 is 6.16 Å². The van der Waals surface area contributed by atoms with Crippen molar-refractivity contribution in [3.8, 4) is 0 Å². The minimum absolute atomic E-state index is 0.185. The maximum Gasteiger partial charge on any atom is 0.503 e. The monoisotopic (exact) mass is 316 g/mol. The fourth-order valence-electron chi connectivity index (χ4n) is 2.46. The summed E-state index contributed by atoms with van der Waals surface area (Å²) in [7, 11) is 0. The third kappa shape index (κ3) is 6.98. The normalized spacial score (nSPS) is 11.4. The second kappa shape index (κ2) is 10.4. The Morgan fingerprint density at radius 2 is 1.35 bits per heavy atom. The van der Waals surface area contributed by atoms with Crippen LogP contribution in [0.15, 0.2) is 60.7 Å². The van der Waals surface area contributed by atoms with Crippen molar-refractivity contribution in [3.05, 3.63) is 71.8 Å². The van der Waals surface area contributed by atoms with Gasteiger partial charge in [-0.15, -0.1) is 0 Å². The molecular weight excluding hydrogens is 292 g/mol. The molecule has 0 spiro atoms. The van der Waals surface area contributed by atoms with Gasteiger partial charge < -0.3 is 14.9 Å². The van der Waals surface area contributed by atoms with Crippen LogP contribution in [0.5, 0.6) is 0 Å². The molecule has 0 saturated heterocycles. The molecule has 0 fully saturated rings. The minimum Gasteiger partial charge on any atom is -0.450 e. The Kier molecular flexibility index (Phi) is 8.47. The van der Waals surface area contributed by atoms with Crippen LogP contribution in [0.1, 0.15) is 37.3 Å². The van der Waals surface area contributed by atoms with Gasteiger partial charge in [0, 0.05) is 12.5 Å². The van der Waals surface area contributed by atoms with Crippen LogP contribution in [-0.4, -0.2) is 29.1 Å². The molecule has 1 atom stereocenters. The minimum atomic E-state index is -1.83. The molecule has 0 heterocycles. The van der Waals surface area contributed by atoms with Crippen LogP contribution in [0.3, 0.4) is 0 Å². The molecule has 0 amide bonds. The van der Waals surface area contributed by atoms with Gasteiger partial charge in [0.1, 0.15) is 0 Å². The van der Waals surface area contributed by atoms with E-state index in [1.54, 1.807) is 0 Å². The fourth-order valence-corrected chi connectivity index (χ4v) is 2.46. The average molecular weight is 316 g/mol. The standard InChI is InChI=1S/C18H22O.CH2O3/c1-3-14-19-15(2)18(16-10-6-4-7-11-16)17-12-8-5-9-13-17;2-1(3)4/h4-13,15,18H,3,14H2,1-2H3;(H2,2,3,4). The summed E-state index contributed by atoms with van der Waals surface area (Å²) in [4.78, 5) is 8.56. The lowest BCUT2D eigenvalue weighted by Gasteiger charge is -2.25. The summed E-state index contributed by atoms with van der Waals surface area (Å²) in [6.07, 6.45) is -0.592. The lowest BCUT2D eigenvalue weighted by molar-refractivity contribution is 0.0555. The van der Waals surface area contributed by atoms with Crippen LogP contribution in [-0.2, 0) is 4.74 Å². The summed E-state index contributed by atoms with van der Waals surface area (Å²) in [6.45, 7) is 5.13. The van der Waals surface area contributed by atoms with Crippen LogP contribution in [0.2, 0.25) is 0 Å². The summed E-state index contributed by atoms with van der Waals surface area (Å²) in [6, 6.07) is 21.2. The van der Waals surface area contributed by atoms with Crippen molar-refractivity contribution in [1.82, 2.24) is 0 Å². The van der Waals surface area contributed by atoms with Gasteiger partial charge in [0.2, 0.25) is 0 Å². The second-order valence-electron chi connectivity index (χ2n) is 5.16. The molecule has 4 heteroatoms. The Morgan fingerprint density at radius 3 is 1.70 bits per heavy atom. The first-order chi connectivity index (χ1) is 11.1. The van der Waals surface area contributed by atoms with Gasteiger partial charge in [0.15, 0.2) is 0 Å². The van der Waals surface area contributed by atoms with E-state index in [0.29, 0.717) is 5.92 Å². The molecule has 0 radical (unpaired) electrons. The summed E-state index contributed by atoms with van der Waals surface area (Å²) in [5, 5.41) is 13.9. The van der Waals surface area contributed by atoms with E-state index in [9.17, 15) is 0 Å². The quantitative estimate of drug-likeness (QED) is 0.799. The molecule has 1 unspecified atom stereocenters. The Balaban J connectivity index is 0.000000593. The lowest BCUT2D eigenvalue weighted by Crippen LogP contribution is -2.20. The van der Waals surface area contributed by atoms with Gasteiger partial charge in [0.25, 0.3) is 0 Å². The number of benzene rings is 2. The van der Waals surface area contributed by atoms with Gasteiger partial charge in [-0.2, -0.15) is 0 Å². The van der Waals surface area contributed by atoms with Crippen molar-refractivity contribution in [1.29, 1.82) is 0 Å². The van der Waals surface area contributed by atoms with Crippen LogP contribution in [0.4, 0.5) is 4.79 Å². The van der Waals surface area contributed by atoms with Gasteiger partial charge in [-0.05, 0) is 24.5 Å². The van der Waals surface area contributed by atoms with Crippen molar-refractivity contribution in [2.75, 3.05) is 6.61 Å². The molecule has 23 heavy (non-hydrogen) atoms. The van der Waals surface area contributed by atoms with Crippen LogP contribution in [0.25, 0.3) is 0 Å². The molecule has 2 aromatic rings. The highest BCUT2D eigenvalue weighted by Crippen LogP contribution is 2.29. The molecule has 0 aliphatic carbocycles. The lowest BCUT2D eigenvalue weighted by atomic mass is 9.87. The predicted octanol–water partition coefficient (Wildman–Crippen LogP) is 4.86. The Hall–Kier alpha value is -2.33. The number of hydrogen-bond acceptors (Lipinski definition) is 2. The van der Waals surface area contributed by atoms with Gasteiger partial charge in [-0.1, -0.05) is 67.6 Å². The van der Waals surface area contributed by atoms with Crippen molar-refractivity contribution in [3.63, 3.8) is 0 Å². The van der Waals surface area contributed by atoms with E-state index in [4.69, 9.17) is 19.7 Å². The number of carboxylic acid groups (broad SMARTS) is 2. The zero-order valence-corrected chi connectivity index (χ0v) is 13.6. The van der Waals surface area contributed by atoms with Gasteiger partial charge >= 0.3 is 6.16 Å². The number of carbonyl (C=O) groups is 1. The number of ether oxygens (including phenoxy) is 1. The Labute approximate surface area is 137 Å². The highest BCUT2D eigenvalue weighted by molar-refractivity contribution is 5.53. The van der Waals surface area contributed by atoms with Crippen molar-refractivity contribution in [2.24, 2.45) is 0 Å². The second-order valence-corrected chi connectivity index (χ2v) is 5.16. The highest BCUT2D eigenvalue weighted by atomic mass is 16.6. The predicted molar refractivity (Wildman–Crippen MR) is 91.1 cm³/mol. The van der Waals surface area contributed by atoms with Crippen LogP contribution < -0.4 is 0 Å². The maximum atomic E-state index is 8.56. The number of rotatable bonds is 6. The first-order valence-corrected chi connectivity index (χ1v) is 7.69. The van der Waals surface area contributed by atoms with E-state index in [0.717, 1.165) is 13.0 Å². The first-order valence-electron chi connectivity index (χ1n) is 7.69. The molecule has 124 valence electrons. The van der Waals surface area contributed by atoms with Gasteiger partial charge in [0.05, 0.1) is 6.10 Å². The molecule has 4 nitrogen and oxygen atoms in total. The summed E-state index contributed by atoms with van der Waals surface area (Å²) in [5.74, 6) is 0.300. The fraction of sp³-hybridized carbons (Fsp3) is 0.316. The topological polar surface area (TPSA) is 66.8 Å². The average Bonchev–Trinajstić information content (AvgIpc) is 2.55. The van der Waals surface area contributed by atoms with Crippen LogP contribution >= 0.6 is 0 Å². The maximum absolute atomic E-state index is 8.56. The van der Waals surface area contributed by atoms with Crippen molar-refractivity contribution in [2.45, 2.75) is 32.3 Å². The summed E-state index contributed by atoms with van der Waals surface area (Å²) in [5.41, 5.74) is 2.63. The molecule has 0 aromatic heterocycles. The molecule has 0 aliphatic rings. The number of hydrogen-bond donors (Lipinski definition) is 2. The van der Waals surface area contributed by atoms with E-state index in [1.807, 2.05) is 0 Å². The Bertz CT molecular complexity index is 511. The summed E-state index contributed by atoms with van der Waals surface area (Å²) >= 11 is 0. The van der Waals surface area contributed by atoms with E-state index in [1.165, 1.54) is 11.1 Å². The molecule has 2 N–H and O–H groups in total. The van der Waals surface area contributed by atoms with E-state index in [-0.39, 0.29) is 6.10 Å². The molecule has 2 aromatic carbocycles. The van der Waals surface area contributed by atoms with Crippen molar-refractivity contribution < 1.29 is 19.7 Å². The molecule has 0 saturated carbocycles. The zero-order valence-electron chi connectivity index (χ0n) is 13.6. The molecule has 0 bridgehead atoms. The molecular formula is C19H24O4. The third-order valence-electron chi connectivity index (χ3n) is 3.37. The van der Waals surface area contributed by atoms with E-state index < -0.39 is 6.16 Å². The van der Waals surface area contributed by atoms with Gasteiger partial charge in [-0.3, -0.25) is 0 Å². The van der Waals surface area contributed by atoms with Crippen LogP contribution in [0, 0.1) is 0 Å². The zero-order chi connectivity index (χ0) is 17.1. The SMILES string of the molecule is CCCOC(C)C(c1ccccc1)c1ccccc1.O=C(O)O. The molecule has 0 aliphatic heterocycles. The smallest absolute Gasteiger partial charge is 0.450 e. The Morgan fingerprint density at radius 1 is 0.957 bits per heavy atom. The first kappa shape index (κ1) is 18.7. The summed E-state index contributed by atoms with van der Waals surface area (Å²) < 4.78 is 5.96. The molecule has 2 rings (SSSR count). The third-order valence-corrected chi connectivity index (χ3v) is 3.37. The van der Waals surface area contributed by atoms with E-state index >= 15 is 0 Å². The largest absolute Gasteiger partial charge is 0.503 e.